The molecule has 0 amide bonds. The highest BCUT2D eigenvalue weighted by molar-refractivity contribution is 4.87. The van der Waals surface area contributed by atoms with Crippen molar-refractivity contribution >= 4 is 0 Å². The van der Waals surface area contributed by atoms with Crippen LogP contribution in [0.1, 0.15) is 13.8 Å². The fourth-order valence-electron chi connectivity index (χ4n) is 2.59. The molecule has 0 aromatic heterocycles. The zero-order chi connectivity index (χ0) is 14.3. The van der Waals surface area contributed by atoms with Gasteiger partial charge in [0, 0.05) is 45.8 Å². The molecule has 0 radical (unpaired) electrons. The monoisotopic (exact) mass is 272 g/mol. The second kappa shape index (κ2) is 8.17. The van der Waals surface area contributed by atoms with Crippen molar-refractivity contribution in [3.05, 3.63) is 0 Å². The van der Waals surface area contributed by atoms with E-state index in [1.54, 1.807) is 0 Å². The molecule has 114 valence electrons. The topological polar surface area (TPSA) is 42.0 Å². The van der Waals surface area contributed by atoms with Crippen molar-refractivity contribution < 1.29 is 5.11 Å². The quantitative estimate of drug-likeness (QED) is 0.625. The van der Waals surface area contributed by atoms with E-state index in [1.165, 1.54) is 0 Å². The van der Waals surface area contributed by atoms with Gasteiger partial charge >= 0.3 is 0 Å². The first-order valence-electron chi connectivity index (χ1n) is 7.44. The van der Waals surface area contributed by atoms with E-state index in [2.05, 4.69) is 48.0 Å². The van der Waals surface area contributed by atoms with Gasteiger partial charge in [0.05, 0.1) is 12.1 Å². The number of aliphatic hydroxyl groups excluding tert-OH is 1. The lowest BCUT2D eigenvalue weighted by Crippen LogP contribution is -2.57. The van der Waals surface area contributed by atoms with Crippen molar-refractivity contribution in [2.45, 2.75) is 19.4 Å². The van der Waals surface area contributed by atoms with Crippen molar-refractivity contribution in [2.75, 3.05) is 73.1 Å². The van der Waals surface area contributed by atoms with E-state index in [4.69, 9.17) is 0 Å². The van der Waals surface area contributed by atoms with Gasteiger partial charge in [0.25, 0.3) is 0 Å². The molecule has 1 atom stereocenters. The second-order valence-electron chi connectivity index (χ2n) is 6.17. The summed E-state index contributed by atoms with van der Waals surface area (Å²) in [5.74, 6) is 0. The van der Waals surface area contributed by atoms with Crippen molar-refractivity contribution in [2.24, 2.45) is 0 Å². The van der Waals surface area contributed by atoms with Crippen LogP contribution in [0.5, 0.6) is 0 Å². The molecule has 1 rings (SSSR count). The highest BCUT2D eigenvalue weighted by Crippen LogP contribution is 2.09. The summed E-state index contributed by atoms with van der Waals surface area (Å²) >= 11 is 0. The summed E-state index contributed by atoms with van der Waals surface area (Å²) in [5.41, 5.74) is -0.166. The fourth-order valence-corrected chi connectivity index (χ4v) is 2.59. The van der Waals surface area contributed by atoms with Gasteiger partial charge in [-0.25, -0.2) is 0 Å². The Balaban J connectivity index is 2.29. The molecule has 2 N–H and O–H groups in total. The largest absolute Gasteiger partial charge is 0.394 e. The van der Waals surface area contributed by atoms with E-state index in [0.29, 0.717) is 0 Å². The van der Waals surface area contributed by atoms with Gasteiger partial charge in [0.1, 0.15) is 0 Å². The molecule has 1 fully saturated rings. The lowest BCUT2D eigenvalue weighted by Gasteiger charge is -2.40. The molecular weight excluding hydrogens is 240 g/mol. The van der Waals surface area contributed by atoms with Crippen LogP contribution in [0.3, 0.4) is 0 Å². The van der Waals surface area contributed by atoms with E-state index >= 15 is 0 Å². The molecule has 1 aliphatic rings. The summed E-state index contributed by atoms with van der Waals surface area (Å²) in [6.07, 6.45) is 0. The lowest BCUT2D eigenvalue weighted by atomic mass is 10.0. The van der Waals surface area contributed by atoms with Gasteiger partial charge in [-0.2, -0.15) is 0 Å². The van der Waals surface area contributed by atoms with Gasteiger partial charge in [0.15, 0.2) is 0 Å². The van der Waals surface area contributed by atoms with Crippen molar-refractivity contribution in [1.82, 2.24) is 20.0 Å². The predicted octanol–water partition coefficient (Wildman–Crippen LogP) is -0.474. The Bertz CT molecular complexity index is 242. The van der Waals surface area contributed by atoms with Crippen molar-refractivity contribution in [3.63, 3.8) is 0 Å². The zero-order valence-electron chi connectivity index (χ0n) is 13.2. The summed E-state index contributed by atoms with van der Waals surface area (Å²) in [4.78, 5) is 7.23. The Labute approximate surface area is 118 Å². The smallest absolute Gasteiger partial charge is 0.0623 e. The summed E-state index contributed by atoms with van der Waals surface area (Å²) in [6, 6.07) is 0. The van der Waals surface area contributed by atoms with Gasteiger partial charge in [-0.3, -0.25) is 9.80 Å². The number of piperazine rings is 1. The van der Waals surface area contributed by atoms with Crippen molar-refractivity contribution in [3.8, 4) is 0 Å². The molecule has 5 heteroatoms. The number of aliphatic hydroxyl groups is 1. The standard InChI is InChI=1S/C14H32N4O/c1-5-15-14(2,13-19)12-18-10-8-17(9-11-18)7-6-16(3)4/h15,19H,5-13H2,1-4H3. The molecule has 0 bridgehead atoms. The molecule has 0 aromatic carbocycles. The van der Waals surface area contributed by atoms with E-state index in [0.717, 1.165) is 52.4 Å². The highest BCUT2D eigenvalue weighted by Gasteiger charge is 2.27. The third-order valence-electron chi connectivity index (χ3n) is 3.85. The molecule has 0 spiro atoms. The van der Waals surface area contributed by atoms with Crippen LogP contribution in [0.2, 0.25) is 0 Å². The van der Waals surface area contributed by atoms with E-state index < -0.39 is 0 Å². The number of rotatable bonds is 8. The summed E-state index contributed by atoms with van der Waals surface area (Å²) in [6.45, 7) is 13.0. The van der Waals surface area contributed by atoms with E-state index in [-0.39, 0.29) is 12.1 Å². The Morgan fingerprint density at radius 2 is 1.74 bits per heavy atom. The van der Waals surface area contributed by atoms with Gasteiger partial charge in [-0.05, 0) is 27.6 Å². The van der Waals surface area contributed by atoms with E-state index in [9.17, 15) is 5.11 Å². The predicted molar refractivity (Wildman–Crippen MR) is 80.6 cm³/mol. The average molecular weight is 272 g/mol. The SMILES string of the molecule is CCNC(C)(CO)CN1CCN(CCN(C)C)CC1. The minimum absolute atomic E-state index is 0.166. The van der Waals surface area contributed by atoms with Gasteiger partial charge in [0.2, 0.25) is 0 Å². The Morgan fingerprint density at radius 3 is 2.21 bits per heavy atom. The Kier molecular flexibility index (Phi) is 7.25. The maximum atomic E-state index is 9.54. The molecule has 0 aliphatic carbocycles. The van der Waals surface area contributed by atoms with Gasteiger partial charge < -0.3 is 15.3 Å². The van der Waals surface area contributed by atoms with Crippen LogP contribution in [0.15, 0.2) is 0 Å². The molecule has 0 saturated carbocycles. The number of likely N-dealkylation sites (N-methyl/N-ethyl adjacent to an activating group) is 2. The Hall–Kier alpha value is -0.200. The number of nitrogens with one attached hydrogen (secondary N) is 1. The summed E-state index contributed by atoms with van der Waals surface area (Å²) in [5, 5.41) is 12.9. The van der Waals surface area contributed by atoms with Crippen LogP contribution in [-0.2, 0) is 0 Å². The molecular formula is C14H32N4O. The van der Waals surface area contributed by atoms with Crippen LogP contribution >= 0.6 is 0 Å². The van der Waals surface area contributed by atoms with Crippen LogP contribution in [-0.4, -0.2) is 98.4 Å². The van der Waals surface area contributed by atoms with E-state index in [1.807, 2.05) is 0 Å². The number of nitrogens with zero attached hydrogens (tertiary/aromatic N) is 3. The molecule has 5 nitrogen and oxygen atoms in total. The maximum absolute atomic E-state index is 9.54. The van der Waals surface area contributed by atoms with Crippen molar-refractivity contribution in [1.29, 1.82) is 0 Å². The van der Waals surface area contributed by atoms with Crippen LogP contribution in [0.25, 0.3) is 0 Å². The van der Waals surface area contributed by atoms with Crippen LogP contribution < -0.4 is 5.32 Å². The molecule has 0 aromatic rings. The maximum Gasteiger partial charge on any atom is 0.0623 e. The fraction of sp³-hybridized carbons (Fsp3) is 1.00. The molecule has 1 aliphatic heterocycles. The minimum atomic E-state index is -0.166. The summed E-state index contributed by atoms with van der Waals surface area (Å²) in [7, 11) is 4.25. The number of hydrogen-bond donors (Lipinski definition) is 2. The highest BCUT2D eigenvalue weighted by atomic mass is 16.3. The first-order valence-corrected chi connectivity index (χ1v) is 7.44. The molecule has 19 heavy (non-hydrogen) atoms. The number of hydrogen-bond acceptors (Lipinski definition) is 5. The molecule has 1 heterocycles. The third-order valence-corrected chi connectivity index (χ3v) is 3.85. The van der Waals surface area contributed by atoms with Gasteiger partial charge in [-0.15, -0.1) is 0 Å². The zero-order valence-corrected chi connectivity index (χ0v) is 13.2. The summed E-state index contributed by atoms with van der Waals surface area (Å²) < 4.78 is 0. The third kappa shape index (κ3) is 6.19. The minimum Gasteiger partial charge on any atom is -0.394 e. The second-order valence-corrected chi connectivity index (χ2v) is 6.17. The Morgan fingerprint density at radius 1 is 1.16 bits per heavy atom. The van der Waals surface area contributed by atoms with Crippen LogP contribution in [0.4, 0.5) is 0 Å². The lowest BCUT2D eigenvalue weighted by molar-refractivity contribution is 0.0770. The first kappa shape index (κ1) is 16.9. The first-order chi connectivity index (χ1) is 8.99. The van der Waals surface area contributed by atoms with Crippen LogP contribution in [0, 0.1) is 0 Å². The normalized spacial score (nSPS) is 21.8. The van der Waals surface area contributed by atoms with Gasteiger partial charge in [-0.1, -0.05) is 6.92 Å². The average Bonchev–Trinajstić information content (AvgIpc) is 2.38. The molecule has 1 unspecified atom stereocenters. The molecule has 1 saturated heterocycles.